The number of pyridine rings is 1. The maximum Gasteiger partial charge on any atom is 0.141 e. The number of H-pyrrole nitrogens is 1. The number of fused-ring (bicyclic) bond motifs is 1. The van der Waals surface area contributed by atoms with Gasteiger partial charge in [-0.25, -0.2) is 9.97 Å². The fraction of sp³-hybridized carbons (Fsp3) is 0. The SMILES string of the molecule is N#Cc1c(-c2ccc3nc[nH]c3c2)ccnc1N. The number of imidazole rings is 1. The molecule has 5 heteroatoms. The average Bonchev–Trinajstić information content (AvgIpc) is 2.85. The molecule has 0 radical (unpaired) electrons. The van der Waals surface area contributed by atoms with Gasteiger partial charge in [-0.15, -0.1) is 0 Å². The van der Waals surface area contributed by atoms with E-state index in [1.54, 1.807) is 18.6 Å². The number of nitriles is 1. The number of rotatable bonds is 1. The van der Waals surface area contributed by atoms with Crippen molar-refractivity contribution in [2.24, 2.45) is 0 Å². The Hall–Kier alpha value is -2.87. The van der Waals surface area contributed by atoms with Crippen molar-refractivity contribution in [1.29, 1.82) is 5.26 Å². The minimum atomic E-state index is 0.250. The molecule has 2 heterocycles. The van der Waals surface area contributed by atoms with E-state index < -0.39 is 0 Å². The lowest BCUT2D eigenvalue weighted by Gasteiger charge is -2.05. The number of hydrogen-bond donors (Lipinski definition) is 2. The van der Waals surface area contributed by atoms with Crippen LogP contribution in [0.25, 0.3) is 22.2 Å². The largest absolute Gasteiger partial charge is 0.383 e. The zero-order chi connectivity index (χ0) is 12.5. The topological polar surface area (TPSA) is 91.4 Å². The second-order valence-electron chi connectivity index (χ2n) is 3.87. The molecule has 0 amide bonds. The number of nitrogens with one attached hydrogen (secondary N) is 1. The lowest BCUT2D eigenvalue weighted by Crippen LogP contribution is -1.96. The van der Waals surface area contributed by atoms with Gasteiger partial charge in [0.1, 0.15) is 17.5 Å². The first kappa shape index (κ1) is 10.3. The summed E-state index contributed by atoms with van der Waals surface area (Å²) in [5, 5.41) is 9.14. The Labute approximate surface area is 103 Å². The molecule has 0 aliphatic heterocycles. The molecule has 0 saturated heterocycles. The lowest BCUT2D eigenvalue weighted by molar-refractivity contribution is 1.31. The molecule has 0 saturated carbocycles. The van der Waals surface area contributed by atoms with Crippen LogP contribution in [0.5, 0.6) is 0 Å². The maximum absolute atomic E-state index is 9.14. The fourth-order valence-corrected chi connectivity index (χ4v) is 1.94. The molecule has 0 bridgehead atoms. The summed E-state index contributed by atoms with van der Waals surface area (Å²) in [4.78, 5) is 11.1. The van der Waals surface area contributed by atoms with E-state index in [-0.39, 0.29) is 5.82 Å². The van der Waals surface area contributed by atoms with Crippen LogP contribution in [0.2, 0.25) is 0 Å². The molecule has 0 atom stereocenters. The zero-order valence-corrected chi connectivity index (χ0v) is 9.38. The van der Waals surface area contributed by atoms with E-state index in [0.717, 1.165) is 22.2 Å². The first-order valence-corrected chi connectivity index (χ1v) is 5.37. The number of benzene rings is 1. The second kappa shape index (κ2) is 3.86. The molecular formula is C13H9N5. The summed E-state index contributed by atoms with van der Waals surface area (Å²) in [5.41, 5.74) is 9.61. The van der Waals surface area contributed by atoms with E-state index in [0.29, 0.717) is 5.56 Å². The number of aromatic nitrogens is 3. The predicted octanol–water partition coefficient (Wildman–Crippen LogP) is 2.08. The first-order valence-electron chi connectivity index (χ1n) is 5.37. The Kier molecular flexibility index (Phi) is 2.21. The van der Waals surface area contributed by atoms with Gasteiger partial charge in [-0.2, -0.15) is 5.26 Å². The Morgan fingerprint density at radius 1 is 1.22 bits per heavy atom. The zero-order valence-electron chi connectivity index (χ0n) is 9.38. The van der Waals surface area contributed by atoms with Gasteiger partial charge >= 0.3 is 0 Å². The third kappa shape index (κ3) is 1.48. The van der Waals surface area contributed by atoms with Crippen LogP contribution in [0, 0.1) is 11.3 Å². The molecule has 2 aromatic heterocycles. The molecule has 0 unspecified atom stereocenters. The molecule has 0 aliphatic carbocycles. The third-order valence-corrected chi connectivity index (χ3v) is 2.82. The molecule has 3 rings (SSSR count). The fourth-order valence-electron chi connectivity index (χ4n) is 1.94. The lowest BCUT2D eigenvalue weighted by atomic mass is 10.0. The highest BCUT2D eigenvalue weighted by molar-refractivity contribution is 5.84. The van der Waals surface area contributed by atoms with E-state index in [1.165, 1.54) is 0 Å². The Morgan fingerprint density at radius 3 is 2.94 bits per heavy atom. The Balaban J connectivity index is 2.26. The molecule has 0 fully saturated rings. The summed E-state index contributed by atoms with van der Waals surface area (Å²) in [5.74, 6) is 0.250. The van der Waals surface area contributed by atoms with Crippen LogP contribution in [0.1, 0.15) is 5.56 Å². The molecule has 5 nitrogen and oxygen atoms in total. The number of nitrogens with zero attached hydrogens (tertiary/aromatic N) is 3. The van der Waals surface area contributed by atoms with Gasteiger partial charge in [-0.3, -0.25) is 0 Å². The predicted molar refractivity (Wildman–Crippen MR) is 68.5 cm³/mol. The normalized spacial score (nSPS) is 10.4. The van der Waals surface area contributed by atoms with Gasteiger partial charge in [0.2, 0.25) is 0 Å². The summed E-state index contributed by atoms with van der Waals surface area (Å²) in [6.45, 7) is 0. The molecule has 0 spiro atoms. The number of anilines is 1. The van der Waals surface area contributed by atoms with Crippen LogP contribution < -0.4 is 5.73 Å². The Bertz CT molecular complexity index is 766. The summed E-state index contributed by atoms with van der Waals surface area (Å²) in [7, 11) is 0. The van der Waals surface area contributed by atoms with Gasteiger partial charge in [0.15, 0.2) is 0 Å². The van der Waals surface area contributed by atoms with E-state index in [9.17, 15) is 0 Å². The molecule has 86 valence electrons. The number of nitrogens with two attached hydrogens (primary N) is 1. The van der Waals surface area contributed by atoms with Crippen molar-refractivity contribution < 1.29 is 0 Å². The van der Waals surface area contributed by atoms with Crippen molar-refractivity contribution in [2.45, 2.75) is 0 Å². The summed E-state index contributed by atoms with van der Waals surface area (Å²) >= 11 is 0. The van der Waals surface area contributed by atoms with Gasteiger partial charge in [-0.1, -0.05) is 6.07 Å². The summed E-state index contributed by atoms with van der Waals surface area (Å²) in [6, 6.07) is 9.63. The van der Waals surface area contributed by atoms with Crippen LogP contribution in [-0.2, 0) is 0 Å². The van der Waals surface area contributed by atoms with E-state index in [2.05, 4.69) is 21.0 Å². The number of aromatic amines is 1. The molecule has 3 aromatic rings. The number of hydrogen-bond acceptors (Lipinski definition) is 4. The van der Waals surface area contributed by atoms with Crippen LogP contribution in [0.15, 0.2) is 36.8 Å². The molecule has 0 aliphatic rings. The third-order valence-electron chi connectivity index (χ3n) is 2.82. The number of nitrogen functional groups attached to an aromatic ring is 1. The molecule has 3 N–H and O–H groups in total. The summed E-state index contributed by atoms with van der Waals surface area (Å²) in [6.07, 6.45) is 3.24. The highest BCUT2D eigenvalue weighted by Crippen LogP contribution is 2.27. The van der Waals surface area contributed by atoms with E-state index >= 15 is 0 Å². The minimum absolute atomic E-state index is 0.250. The maximum atomic E-state index is 9.14. The van der Waals surface area contributed by atoms with Crippen molar-refractivity contribution in [2.75, 3.05) is 5.73 Å². The van der Waals surface area contributed by atoms with Gasteiger partial charge in [0.25, 0.3) is 0 Å². The van der Waals surface area contributed by atoms with Crippen molar-refractivity contribution in [3.05, 3.63) is 42.4 Å². The van der Waals surface area contributed by atoms with Gasteiger partial charge < -0.3 is 10.7 Å². The summed E-state index contributed by atoms with van der Waals surface area (Å²) < 4.78 is 0. The van der Waals surface area contributed by atoms with Crippen LogP contribution in [0.4, 0.5) is 5.82 Å². The van der Waals surface area contributed by atoms with Crippen molar-refractivity contribution >= 4 is 16.9 Å². The van der Waals surface area contributed by atoms with Crippen LogP contribution >= 0.6 is 0 Å². The Morgan fingerprint density at radius 2 is 2.11 bits per heavy atom. The molecular weight excluding hydrogens is 226 g/mol. The van der Waals surface area contributed by atoms with Gasteiger partial charge in [0, 0.05) is 11.8 Å². The van der Waals surface area contributed by atoms with Crippen molar-refractivity contribution in [1.82, 2.24) is 15.0 Å². The highest BCUT2D eigenvalue weighted by atomic mass is 14.9. The quantitative estimate of drug-likeness (QED) is 0.675. The van der Waals surface area contributed by atoms with E-state index in [1.807, 2.05) is 18.2 Å². The average molecular weight is 235 g/mol. The van der Waals surface area contributed by atoms with Crippen molar-refractivity contribution in [3.8, 4) is 17.2 Å². The second-order valence-corrected chi connectivity index (χ2v) is 3.87. The highest BCUT2D eigenvalue weighted by Gasteiger charge is 2.09. The molecule has 18 heavy (non-hydrogen) atoms. The van der Waals surface area contributed by atoms with Gasteiger partial charge in [0.05, 0.1) is 17.4 Å². The monoisotopic (exact) mass is 235 g/mol. The smallest absolute Gasteiger partial charge is 0.141 e. The van der Waals surface area contributed by atoms with Gasteiger partial charge in [-0.05, 0) is 23.8 Å². The minimum Gasteiger partial charge on any atom is -0.383 e. The van der Waals surface area contributed by atoms with E-state index in [4.69, 9.17) is 11.0 Å². The van der Waals surface area contributed by atoms with Crippen LogP contribution in [0.3, 0.4) is 0 Å². The van der Waals surface area contributed by atoms with Crippen molar-refractivity contribution in [3.63, 3.8) is 0 Å². The van der Waals surface area contributed by atoms with Crippen LogP contribution in [-0.4, -0.2) is 15.0 Å². The standard InChI is InChI=1S/C13H9N5/c14-6-10-9(3-4-16-13(10)15)8-1-2-11-12(5-8)18-7-17-11/h1-5,7H,(H2,15,16)(H,17,18). The molecule has 1 aromatic carbocycles. The first-order chi connectivity index (χ1) is 8.79.